The van der Waals surface area contributed by atoms with E-state index in [1.807, 2.05) is 26.2 Å². The van der Waals surface area contributed by atoms with Gasteiger partial charge in [0.1, 0.15) is 0 Å². The van der Waals surface area contributed by atoms with Crippen molar-refractivity contribution in [2.45, 2.75) is 32.2 Å². The lowest BCUT2D eigenvalue weighted by atomic mass is 9.91. The molecule has 0 saturated heterocycles. The van der Waals surface area contributed by atoms with Crippen LogP contribution >= 0.6 is 11.3 Å². The number of aromatic nitrogens is 2. The van der Waals surface area contributed by atoms with Crippen LogP contribution in [0.3, 0.4) is 0 Å². The standard InChI is InChI=1S/C12H20N4O2S2/c1-5-12(2,3)8-14-20(17,18)10-9(13-4)15-11-16(10)6-7-19-11/h6-7,13-14H,5,8H2,1-4H3. The number of rotatable bonds is 6. The van der Waals surface area contributed by atoms with Crippen LogP contribution in [0.25, 0.3) is 4.96 Å². The molecular formula is C12H20N4O2S2. The van der Waals surface area contributed by atoms with Crippen molar-refractivity contribution in [1.29, 1.82) is 0 Å². The van der Waals surface area contributed by atoms with E-state index in [1.54, 1.807) is 17.6 Å². The van der Waals surface area contributed by atoms with Crippen molar-refractivity contribution in [2.24, 2.45) is 5.41 Å². The van der Waals surface area contributed by atoms with Crippen molar-refractivity contribution >= 4 is 32.1 Å². The van der Waals surface area contributed by atoms with Crippen molar-refractivity contribution < 1.29 is 8.42 Å². The van der Waals surface area contributed by atoms with Gasteiger partial charge in [-0.15, -0.1) is 11.3 Å². The zero-order valence-electron chi connectivity index (χ0n) is 12.1. The maximum atomic E-state index is 12.5. The van der Waals surface area contributed by atoms with Crippen LogP contribution in [-0.4, -0.2) is 31.4 Å². The molecule has 0 aliphatic rings. The van der Waals surface area contributed by atoms with Gasteiger partial charge in [0.05, 0.1) is 0 Å². The summed E-state index contributed by atoms with van der Waals surface area (Å²) < 4.78 is 29.4. The van der Waals surface area contributed by atoms with Crippen LogP contribution < -0.4 is 10.0 Å². The first-order valence-corrected chi connectivity index (χ1v) is 8.80. The van der Waals surface area contributed by atoms with Gasteiger partial charge >= 0.3 is 0 Å². The summed E-state index contributed by atoms with van der Waals surface area (Å²) >= 11 is 1.40. The van der Waals surface area contributed by atoms with E-state index in [0.717, 1.165) is 6.42 Å². The second-order valence-corrected chi connectivity index (χ2v) is 7.97. The summed E-state index contributed by atoms with van der Waals surface area (Å²) in [5.41, 5.74) is -0.0780. The highest BCUT2D eigenvalue weighted by Gasteiger charge is 2.27. The van der Waals surface area contributed by atoms with E-state index in [4.69, 9.17) is 0 Å². The van der Waals surface area contributed by atoms with Crippen LogP contribution in [0, 0.1) is 5.41 Å². The predicted octanol–water partition coefficient (Wildman–Crippen LogP) is 2.15. The molecule has 0 atom stereocenters. The first kappa shape index (κ1) is 15.3. The number of sulfonamides is 1. The Morgan fingerprint density at radius 3 is 2.75 bits per heavy atom. The third kappa shape index (κ3) is 2.82. The van der Waals surface area contributed by atoms with E-state index in [2.05, 4.69) is 15.0 Å². The van der Waals surface area contributed by atoms with Crippen LogP contribution in [0.5, 0.6) is 0 Å². The number of nitrogens with zero attached hydrogens (tertiary/aromatic N) is 2. The van der Waals surface area contributed by atoms with E-state index >= 15 is 0 Å². The summed E-state index contributed by atoms with van der Waals surface area (Å²) in [7, 11) is -1.94. The highest BCUT2D eigenvalue weighted by Crippen LogP contribution is 2.26. The van der Waals surface area contributed by atoms with Gasteiger partial charge in [0.15, 0.2) is 15.8 Å². The smallest absolute Gasteiger partial charge is 0.260 e. The van der Waals surface area contributed by atoms with Gasteiger partial charge in [-0.1, -0.05) is 20.8 Å². The summed E-state index contributed by atoms with van der Waals surface area (Å²) in [6, 6.07) is 0. The predicted molar refractivity (Wildman–Crippen MR) is 81.9 cm³/mol. The molecule has 0 unspecified atom stereocenters. The monoisotopic (exact) mass is 316 g/mol. The van der Waals surface area contributed by atoms with Crippen molar-refractivity contribution in [3.05, 3.63) is 11.6 Å². The number of hydrogen-bond donors (Lipinski definition) is 2. The quantitative estimate of drug-likeness (QED) is 0.856. The molecule has 0 fully saturated rings. The van der Waals surface area contributed by atoms with Crippen molar-refractivity contribution in [2.75, 3.05) is 18.9 Å². The topological polar surface area (TPSA) is 75.5 Å². The molecule has 112 valence electrons. The zero-order chi connectivity index (χ0) is 15.0. The van der Waals surface area contributed by atoms with Crippen molar-refractivity contribution in [3.63, 3.8) is 0 Å². The van der Waals surface area contributed by atoms with E-state index in [9.17, 15) is 8.42 Å². The van der Waals surface area contributed by atoms with E-state index in [0.29, 0.717) is 17.3 Å². The Labute approximate surface area is 123 Å². The van der Waals surface area contributed by atoms with Crippen molar-refractivity contribution in [1.82, 2.24) is 14.1 Å². The molecule has 2 heterocycles. The molecule has 2 rings (SSSR count). The average Bonchev–Trinajstić information content (AvgIpc) is 2.95. The molecule has 0 spiro atoms. The number of thiazole rings is 1. The zero-order valence-corrected chi connectivity index (χ0v) is 13.7. The number of fused-ring (bicyclic) bond motifs is 1. The van der Waals surface area contributed by atoms with Crippen LogP contribution in [0.2, 0.25) is 0 Å². The molecule has 6 nitrogen and oxygen atoms in total. The van der Waals surface area contributed by atoms with Gasteiger partial charge in [-0.2, -0.15) is 0 Å². The number of imidazole rings is 1. The Balaban J connectivity index is 2.38. The molecule has 2 aromatic rings. The van der Waals surface area contributed by atoms with Gasteiger partial charge in [-0.3, -0.25) is 4.40 Å². The van der Waals surface area contributed by atoms with E-state index in [1.165, 1.54) is 11.3 Å². The second kappa shape index (κ2) is 5.34. The Morgan fingerprint density at radius 2 is 2.15 bits per heavy atom. The molecule has 0 aliphatic heterocycles. The lowest BCUT2D eigenvalue weighted by Gasteiger charge is -2.22. The molecule has 2 N–H and O–H groups in total. The minimum absolute atomic E-state index is 0.0780. The fourth-order valence-electron chi connectivity index (χ4n) is 1.67. The molecule has 20 heavy (non-hydrogen) atoms. The number of hydrogen-bond acceptors (Lipinski definition) is 5. The molecule has 8 heteroatoms. The van der Waals surface area contributed by atoms with Gasteiger partial charge in [-0.25, -0.2) is 18.1 Å². The van der Waals surface area contributed by atoms with Crippen LogP contribution in [0.4, 0.5) is 5.82 Å². The maximum absolute atomic E-state index is 12.5. The molecule has 0 bridgehead atoms. The summed E-state index contributed by atoms with van der Waals surface area (Å²) in [5.74, 6) is 0.374. The summed E-state index contributed by atoms with van der Waals surface area (Å²) in [6.45, 7) is 6.51. The highest BCUT2D eigenvalue weighted by molar-refractivity contribution is 7.89. The Kier molecular flexibility index (Phi) is 4.08. The van der Waals surface area contributed by atoms with Gasteiger partial charge in [0.25, 0.3) is 10.0 Å². The third-order valence-corrected chi connectivity index (χ3v) is 5.59. The summed E-state index contributed by atoms with van der Waals surface area (Å²) in [5, 5.41) is 4.83. The van der Waals surface area contributed by atoms with Crippen molar-refractivity contribution in [3.8, 4) is 0 Å². The molecule has 0 aromatic carbocycles. The maximum Gasteiger partial charge on any atom is 0.260 e. The first-order valence-electron chi connectivity index (χ1n) is 6.44. The lowest BCUT2D eigenvalue weighted by molar-refractivity contribution is 0.350. The molecule has 2 aromatic heterocycles. The minimum Gasteiger partial charge on any atom is -0.371 e. The van der Waals surface area contributed by atoms with Gasteiger partial charge in [-0.05, 0) is 11.8 Å². The van der Waals surface area contributed by atoms with E-state index in [-0.39, 0.29) is 10.4 Å². The Hall–Kier alpha value is -1.12. The average molecular weight is 316 g/mol. The second-order valence-electron chi connectivity index (χ2n) is 5.41. The molecule has 0 saturated carbocycles. The van der Waals surface area contributed by atoms with Gasteiger partial charge < -0.3 is 5.32 Å². The first-order chi connectivity index (χ1) is 9.30. The van der Waals surface area contributed by atoms with Crippen LogP contribution in [0.1, 0.15) is 27.2 Å². The SMILES string of the molecule is CCC(C)(C)CNS(=O)(=O)c1c(NC)nc2sccn12. The molecule has 0 radical (unpaired) electrons. The normalized spacial score (nSPS) is 13.0. The Morgan fingerprint density at radius 1 is 1.45 bits per heavy atom. The third-order valence-electron chi connectivity index (χ3n) is 3.41. The number of anilines is 1. The largest absolute Gasteiger partial charge is 0.371 e. The Bertz CT molecular complexity index is 700. The summed E-state index contributed by atoms with van der Waals surface area (Å²) in [4.78, 5) is 4.93. The van der Waals surface area contributed by atoms with Crippen LogP contribution in [-0.2, 0) is 10.0 Å². The lowest BCUT2D eigenvalue weighted by Crippen LogP contribution is -2.34. The number of nitrogens with one attached hydrogen (secondary N) is 2. The molecule has 0 amide bonds. The minimum atomic E-state index is -3.60. The molecular weight excluding hydrogens is 296 g/mol. The summed E-state index contributed by atoms with van der Waals surface area (Å²) in [6.07, 6.45) is 2.61. The van der Waals surface area contributed by atoms with Gasteiger partial charge in [0, 0.05) is 25.2 Å². The van der Waals surface area contributed by atoms with Gasteiger partial charge in [0.2, 0.25) is 0 Å². The molecule has 0 aliphatic carbocycles. The van der Waals surface area contributed by atoms with E-state index < -0.39 is 10.0 Å². The fraction of sp³-hybridized carbons (Fsp3) is 0.583. The van der Waals surface area contributed by atoms with Crippen LogP contribution in [0.15, 0.2) is 16.6 Å². The highest BCUT2D eigenvalue weighted by atomic mass is 32.2. The fourth-order valence-corrected chi connectivity index (χ4v) is 3.97.